The molecule has 2 nitrogen and oxygen atoms in total. The molecule has 0 aliphatic carbocycles. The van der Waals surface area contributed by atoms with Gasteiger partial charge in [-0.3, -0.25) is 0 Å². The van der Waals surface area contributed by atoms with E-state index in [1.807, 2.05) is 19.1 Å². The summed E-state index contributed by atoms with van der Waals surface area (Å²) in [5, 5.41) is 0. The highest BCUT2D eigenvalue weighted by atomic mass is 16.5. The molecule has 1 unspecified atom stereocenters. The van der Waals surface area contributed by atoms with Gasteiger partial charge in [-0.05, 0) is 31.0 Å². The van der Waals surface area contributed by atoms with E-state index in [4.69, 9.17) is 10.5 Å². The maximum atomic E-state index is 6.06. The third kappa shape index (κ3) is 3.92. The van der Waals surface area contributed by atoms with Crippen LogP contribution < -0.4 is 10.5 Å². The number of hydrogen-bond donors (Lipinski definition) is 1. The first-order valence-electron chi connectivity index (χ1n) is 5.76. The zero-order chi connectivity index (χ0) is 11.1. The summed E-state index contributed by atoms with van der Waals surface area (Å²) >= 11 is 0. The Bertz CT molecular complexity index is 268. The SMILES string of the molecule is CCCCC(N)c1ccc(OCC)cc1. The predicted octanol–water partition coefficient (Wildman–Crippen LogP) is 3.28. The Kier molecular flexibility index (Phi) is 5.19. The molecule has 0 bridgehead atoms. The minimum absolute atomic E-state index is 0.167. The van der Waals surface area contributed by atoms with Crippen LogP contribution in [-0.2, 0) is 0 Å². The van der Waals surface area contributed by atoms with Crippen molar-refractivity contribution in [3.05, 3.63) is 29.8 Å². The minimum atomic E-state index is 0.167. The molecule has 0 radical (unpaired) electrons. The highest BCUT2D eigenvalue weighted by Gasteiger charge is 2.04. The van der Waals surface area contributed by atoms with Crippen molar-refractivity contribution in [1.29, 1.82) is 0 Å². The summed E-state index contributed by atoms with van der Waals surface area (Å²) in [6.07, 6.45) is 3.45. The van der Waals surface area contributed by atoms with Gasteiger partial charge in [-0.15, -0.1) is 0 Å². The fourth-order valence-electron chi connectivity index (χ4n) is 1.57. The largest absolute Gasteiger partial charge is 0.494 e. The van der Waals surface area contributed by atoms with Gasteiger partial charge >= 0.3 is 0 Å². The standard InChI is InChI=1S/C13H21NO/c1-3-5-6-13(14)11-7-9-12(10-8-11)15-4-2/h7-10,13H,3-6,14H2,1-2H3. The molecule has 2 N–H and O–H groups in total. The Morgan fingerprint density at radius 2 is 1.87 bits per heavy atom. The second kappa shape index (κ2) is 6.46. The maximum absolute atomic E-state index is 6.06. The zero-order valence-electron chi connectivity index (χ0n) is 9.70. The lowest BCUT2D eigenvalue weighted by Crippen LogP contribution is -2.09. The molecule has 1 atom stereocenters. The van der Waals surface area contributed by atoms with Crippen LogP contribution in [-0.4, -0.2) is 6.61 Å². The highest BCUT2D eigenvalue weighted by Crippen LogP contribution is 2.19. The van der Waals surface area contributed by atoms with Gasteiger partial charge in [0, 0.05) is 6.04 Å². The molecule has 84 valence electrons. The zero-order valence-corrected chi connectivity index (χ0v) is 9.70. The lowest BCUT2D eigenvalue weighted by molar-refractivity contribution is 0.340. The van der Waals surface area contributed by atoms with Gasteiger partial charge in [0.05, 0.1) is 6.61 Å². The quantitative estimate of drug-likeness (QED) is 0.777. The molecule has 1 aromatic rings. The van der Waals surface area contributed by atoms with Crippen molar-refractivity contribution in [2.45, 2.75) is 39.2 Å². The van der Waals surface area contributed by atoms with E-state index in [-0.39, 0.29) is 6.04 Å². The van der Waals surface area contributed by atoms with E-state index >= 15 is 0 Å². The molecule has 0 aromatic heterocycles. The molecule has 0 heterocycles. The van der Waals surface area contributed by atoms with Crippen LogP contribution >= 0.6 is 0 Å². The van der Waals surface area contributed by atoms with Crippen molar-refractivity contribution < 1.29 is 4.74 Å². The van der Waals surface area contributed by atoms with Crippen LogP contribution in [0.1, 0.15) is 44.7 Å². The van der Waals surface area contributed by atoms with Gasteiger partial charge in [-0.25, -0.2) is 0 Å². The molecule has 0 aliphatic heterocycles. The lowest BCUT2D eigenvalue weighted by Gasteiger charge is -2.12. The predicted molar refractivity (Wildman–Crippen MR) is 64.1 cm³/mol. The van der Waals surface area contributed by atoms with Crippen LogP contribution in [0.3, 0.4) is 0 Å². The molecule has 0 aliphatic rings. The smallest absolute Gasteiger partial charge is 0.119 e. The van der Waals surface area contributed by atoms with Crippen LogP contribution in [0.25, 0.3) is 0 Å². The fourth-order valence-corrected chi connectivity index (χ4v) is 1.57. The van der Waals surface area contributed by atoms with Gasteiger partial charge in [0.15, 0.2) is 0 Å². The van der Waals surface area contributed by atoms with E-state index in [1.54, 1.807) is 0 Å². The van der Waals surface area contributed by atoms with Gasteiger partial charge in [0.25, 0.3) is 0 Å². The molecule has 0 fully saturated rings. The Hall–Kier alpha value is -1.02. The third-order valence-corrected chi connectivity index (χ3v) is 2.49. The van der Waals surface area contributed by atoms with Crippen molar-refractivity contribution in [2.75, 3.05) is 6.61 Å². The first kappa shape index (κ1) is 12.1. The van der Waals surface area contributed by atoms with Gasteiger partial charge < -0.3 is 10.5 Å². The number of hydrogen-bond acceptors (Lipinski definition) is 2. The molecular weight excluding hydrogens is 186 g/mol. The second-order valence-electron chi connectivity index (χ2n) is 3.75. The number of benzene rings is 1. The van der Waals surface area contributed by atoms with E-state index in [0.717, 1.165) is 12.2 Å². The van der Waals surface area contributed by atoms with E-state index < -0.39 is 0 Å². The van der Waals surface area contributed by atoms with Crippen molar-refractivity contribution in [3.63, 3.8) is 0 Å². The average molecular weight is 207 g/mol. The van der Waals surface area contributed by atoms with E-state index in [1.165, 1.54) is 18.4 Å². The Morgan fingerprint density at radius 1 is 1.20 bits per heavy atom. The fraction of sp³-hybridized carbons (Fsp3) is 0.538. The molecule has 0 saturated heterocycles. The van der Waals surface area contributed by atoms with Crippen molar-refractivity contribution in [1.82, 2.24) is 0 Å². The Balaban J connectivity index is 2.54. The lowest BCUT2D eigenvalue weighted by atomic mass is 10.0. The van der Waals surface area contributed by atoms with E-state index in [9.17, 15) is 0 Å². The van der Waals surface area contributed by atoms with Gasteiger partial charge in [-0.1, -0.05) is 31.9 Å². The maximum Gasteiger partial charge on any atom is 0.119 e. The number of nitrogens with two attached hydrogens (primary N) is 1. The first-order chi connectivity index (χ1) is 7.27. The van der Waals surface area contributed by atoms with Crippen LogP contribution in [0, 0.1) is 0 Å². The normalized spacial score (nSPS) is 12.5. The highest BCUT2D eigenvalue weighted by molar-refractivity contribution is 5.28. The Morgan fingerprint density at radius 3 is 2.40 bits per heavy atom. The monoisotopic (exact) mass is 207 g/mol. The first-order valence-corrected chi connectivity index (χ1v) is 5.76. The van der Waals surface area contributed by atoms with Gasteiger partial charge in [-0.2, -0.15) is 0 Å². The molecule has 0 spiro atoms. The molecule has 2 heteroatoms. The molecule has 1 aromatic carbocycles. The van der Waals surface area contributed by atoms with E-state index in [2.05, 4.69) is 19.1 Å². The van der Waals surface area contributed by atoms with Crippen molar-refractivity contribution >= 4 is 0 Å². The van der Waals surface area contributed by atoms with Crippen molar-refractivity contribution in [3.8, 4) is 5.75 Å². The molecule has 15 heavy (non-hydrogen) atoms. The third-order valence-electron chi connectivity index (χ3n) is 2.49. The second-order valence-corrected chi connectivity index (χ2v) is 3.75. The van der Waals surface area contributed by atoms with Crippen LogP contribution in [0.4, 0.5) is 0 Å². The summed E-state index contributed by atoms with van der Waals surface area (Å²) < 4.78 is 5.38. The summed E-state index contributed by atoms with van der Waals surface area (Å²) in [6, 6.07) is 8.27. The summed E-state index contributed by atoms with van der Waals surface area (Å²) in [7, 11) is 0. The van der Waals surface area contributed by atoms with E-state index in [0.29, 0.717) is 6.61 Å². The van der Waals surface area contributed by atoms with Crippen LogP contribution in [0.2, 0.25) is 0 Å². The number of rotatable bonds is 6. The number of unbranched alkanes of at least 4 members (excludes halogenated alkanes) is 1. The molecule has 0 amide bonds. The summed E-state index contributed by atoms with van der Waals surface area (Å²) in [6.45, 7) is 4.88. The average Bonchev–Trinajstić information content (AvgIpc) is 2.27. The van der Waals surface area contributed by atoms with Crippen LogP contribution in [0.5, 0.6) is 5.75 Å². The summed E-state index contributed by atoms with van der Waals surface area (Å²) in [5.41, 5.74) is 7.27. The van der Waals surface area contributed by atoms with Crippen LogP contribution in [0.15, 0.2) is 24.3 Å². The van der Waals surface area contributed by atoms with Gasteiger partial charge in [0.1, 0.15) is 5.75 Å². The van der Waals surface area contributed by atoms with Crippen molar-refractivity contribution in [2.24, 2.45) is 5.73 Å². The summed E-state index contributed by atoms with van der Waals surface area (Å²) in [5.74, 6) is 0.920. The molecule has 0 saturated carbocycles. The topological polar surface area (TPSA) is 35.2 Å². The van der Waals surface area contributed by atoms with Gasteiger partial charge in [0.2, 0.25) is 0 Å². The molecule has 1 rings (SSSR count). The number of ether oxygens (including phenoxy) is 1. The Labute approximate surface area is 92.4 Å². The minimum Gasteiger partial charge on any atom is -0.494 e. The molecular formula is C13H21NO. The summed E-state index contributed by atoms with van der Waals surface area (Å²) in [4.78, 5) is 0.